The summed E-state index contributed by atoms with van der Waals surface area (Å²) in [7, 11) is 1.56. The number of carbonyl (C=O) groups excluding carboxylic acids is 2. The molecule has 2 heterocycles. The lowest BCUT2D eigenvalue weighted by Crippen LogP contribution is -2.54. The van der Waals surface area contributed by atoms with Crippen molar-refractivity contribution in [2.45, 2.75) is 45.5 Å². The van der Waals surface area contributed by atoms with Crippen molar-refractivity contribution in [1.29, 1.82) is 5.26 Å². The van der Waals surface area contributed by atoms with Crippen LogP contribution < -0.4 is 15.1 Å². The van der Waals surface area contributed by atoms with Gasteiger partial charge in [-0.3, -0.25) is 9.59 Å². The fraction of sp³-hybridized carbons (Fsp3) is 0.391. The number of aryl methyl sites for hydroxylation is 2. The van der Waals surface area contributed by atoms with Crippen LogP contribution in [0.5, 0.6) is 0 Å². The summed E-state index contributed by atoms with van der Waals surface area (Å²) in [5.74, 6) is -1.02. The molecule has 2 amide bonds. The van der Waals surface area contributed by atoms with Gasteiger partial charge in [0.1, 0.15) is 23.5 Å². The summed E-state index contributed by atoms with van der Waals surface area (Å²) >= 11 is 0. The average molecular weight is 459 g/mol. The molecule has 1 fully saturated rings. The van der Waals surface area contributed by atoms with Crippen molar-refractivity contribution in [1.82, 2.24) is 10.3 Å². The number of aromatic nitrogens is 1. The molecule has 0 unspecified atom stereocenters. The maximum absolute atomic E-state index is 13.6. The molecule has 1 saturated heterocycles. The summed E-state index contributed by atoms with van der Waals surface area (Å²) in [4.78, 5) is 32.4. The molecule has 0 aliphatic carbocycles. The first-order valence-corrected chi connectivity index (χ1v) is 10.3. The average Bonchev–Trinajstić information content (AvgIpc) is 3.13. The van der Waals surface area contributed by atoms with Crippen molar-refractivity contribution in [3.8, 4) is 6.07 Å². The van der Waals surface area contributed by atoms with E-state index in [4.69, 9.17) is 0 Å². The van der Waals surface area contributed by atoms with Gasteiger partial charge in [0.25, 0.3) is 5.91 Å². The lowest BCUT2D eigenvalue weighted by atomic mass is 10.0. The second kappa shape index (κ2) is 9.10. The van der Waals surface area contributed by atoms with E-state index in [1.165, 1.54) is 23.6 Å². The van der Waals surface area contributed by atoms with Crippen LogP contribution in [-0.2, 0) is 15.8 Å². The molecular weight excluding hydrogens is 435 g/mol. The first-order chi connectivity index (χ1) is 15.4. The maximum Gasteiger partial charge on any atom is 0.417 e. The smallest absolute Gasteiger partial charge is 0.351 e. The van der Waals surface area contributed by atoms with Gasteiger partial charge in [-0.15, -0.1) is 0 Å². The van der Waals surface area contributed by atoms with Crippen LogP contribution in [0.4, 0.5) is 24.7 Å². The Morgan fingerprint density at radius 2 is 1.97 bits per heavy atom. The summed E-state index contributed by atoms with van der Waals surface area (Å²) in [5.41, 5.74) is -0.156. The van der Waals surface area contributed by atoms with Gasteiger partial charge in [0.05, 0.1) is 11.6 Å². The highest BCUT2D eigenvalue weighted by atomic mass is 19.4. The molecule has 0 spiro atoms. The van der Waals surface area contributed by atoms with Crippen molar-refractivity contribution in [3.63, 3.8) is 0 Å². The van der Waals surface area contributed by atoms with Gasteiger partial charge in [-0.05, 0) is 44.0 Å². The number of hydrogen-bond acceptors (Lipinski definition) is 5. The number of halogens is 3. The van der Waals surface area contributed by atoms with Crippen LogP contribution in [0.1, 0.15) is 35.7 Å². The van der Waals surface area contributed by atoms with Gasteiger partial charge in [0.2, 0.25) is 5.91 Å². The highest BCUT2D eigenvalue weighted by molar-refractivity contribution is 6.00. The Morgan fingerprint density at radius 1 is 1.27 bits per heavy atom. The van der Waals surface area contributed by atoms with Crippen molar-refractivity contribution in [3.05, 3.63) is 52.7 Å². The van der Waals surface area contributed by atoms with Crippen LogP contribution >= 0.6 is 0 Å². The number of likely N-dealkylation sites (N-methyl/N-ethyl adjacent to an activating group) is 1. The number of carbonyl (C=O) groups is 2. The van der Waals surface area contributed by atoms with Gasteiger partial charge in [-0.1, -0.05) is 12.1 Å². The van der Waals surface area contributed by atoms with E-state index in [0.717, 1.165) is 11.6 Å². The summed E-state index contributed by atoms with van der Waals surface area (Å²) in [5, 5.41) is 12.3. The van der Waals surface area contributed by atoms with Gasteiger partial charge >= 0.3 is 6.18 Å². The Hall–Kier alpha value is -3.61. The molecule has 0 radical (unpaired) electrons. The number of rotatable bonds is 4. The van der Waals surface area contributed by atoms with Crippen LogP contribution in [0.2, 0.25) is 0 Å². The highest BCUT2D eigenvalue weighted by Gasteiger charge is 2.45. The lowest BCUT2D eigenvalue weighted by Gasteiger charge is -2.32. The normalized spacial score (nSPS) is 18.1. The molecule has 1 aliphatic heterocycles. The van der Waals surface area contributed by atoms with E-state index < -0.39 is 35.3 Å². The Labute approximate surface area is 189 Å². The number of benzene rings is 1. The van der Waals surface area contributed by atoms with Crippen LogP contribution in [-0.4, -0.2) is 42.5 Å². The molecule has 10 heteroatoms. The molecule has 1 aliphatic rings. The van der Waals surface area contributed by atoms with Gasteiger partial charge in [0.15, 0.2) is 0 Å². The van der Waals surface area contributed by atoms with Crippen molar-refractivity contribution in [2.75, 3.05) is 23.4 Å². The Kier molecular flexibility index (Phi) is 6.63. The quantitative estimate of drug-likeness (QED) is 0.758. The predicted octanol–water partition coefficient (Wildman–Crippen LogP) is 3.34. The molecule has 2 aromatic rings. The molecule has 174 valence electrons. The number of alkyl halides is 3. The lowest BCUT2D eigenvalue weighted by molar-refractivity contribution is -0.137. The third-order valence-electron chi connectivity index (χ3n) is 5.58. The van der Waals surface area contributed by atoms with E-state index in [0.29, 0.717) is 12.1 Å². The fourth-order valence-corrected chi connectivity index (χ4v) is 4.11. The van der Waals surface area contributed by atoms with Crippen LogP contribution in [0.15, 0.2) is 30.3 Å². The first-order valence-electron chi connectivity index (χ1n) is 10.3. The number of hydrogen-bond donors (Lipinski definition) is 1. The van der Waals surface area contributed by atoms with Crippen molar-refractivity contribution in [2.24, 2.45) is 0 Å². The second-order valence-electron chi connectivity index (χ2n) is 8.09. The molecule has 1 aromatic carbocycles. The predicted molar refractivity (Wildman–Crippen MR) is 117 cm³/mol. The number of nitrogens with one attached hydrogen (secondary N) is 1. The zero-order valence-corrected chi connectivity index (χ0v) is 18.7. The Balaban J connectivity index is 2.11. The summed E-state index contributed by atoms with van der Waals surface area (Å²) in [6.45, 7) is 4.72. The van der Waals surface area contributed by atoms with Gasteiger partial charge in [-0.25, -0.2) is 4.98 Å². The molecule has 1 aromatic heterocycles. The largest absolute Gasteiger partial charge is 0.417 e. The zero-order valence-electron chi connectivity index (χ0n) is 18.7. The molecule has 2 atom stereocenters. The molecule has 1 N–H and O–H groups in total. The van der Waals surface area contributed by atoms with E-state index in [9.17, 15) is 28.0 Å². The standard InChI is InChI=1S/C23H24F3N5O2/c1-13-6-5-7-16(10-13)30(4)22(33)20-19(29-15(3)32)8-9-31(20)21-17(12-27)18(23(24,25)26)11-14(2)28-21/h5-7,10-11,19-20H,8-9H2,1-4H3,(H,29,32)/t19-,20+/m1/s1. The molecule has 33 heavy (non-hydrogen) atoms. The van der Waals surface area contributed by atoms with E-state index in [2.05, 4.69) is 10.3 Å². The van der Waals surface area contributed by atoms with Crippen LogP contribution in [0.3, 0.4) is 0 Å². The topological polar surface area (TPSA) is 89.3 Å². The van der Waals surface area contributed by atoms with Crippen LogP contribution in [0, 0.1) is 25.2 Å². The number of anilines is 2. The number of pyridine rings is 1. The van der Waals surface area contributed by atoms with E-state index >= 15 is 0 Å². The van der Waals surface area contributed by atoms with Gasteiger partial charge < -0.3 is 15.1 Å². The van der Waals surface area contributed by atoms with Crippen molar-refractivity contribution < 1.29 is 22.8 Å². The highest BCUT2D eigenvalue weighted by Crippen LogP contribution is 2.38. The maximum atomic E-state index is 13.6. The molecule has 3 rings (SSSR count). The number of nitrogens with zero attached hydrogens (tertiary/aromatic N) is 4. The first kappa shape index (κ1) is 24.0. The van der Waals surface area contributed by atoms with Crippen molar-refractivity contribution >= 4 is 23.3 Å². The Morgan fingerprint density at radius 3 is 2.55 bits per heavy atom. The third kappa shape index (κ3) is 4.92. The monoisotopic (exact) mass is 459 g/mol. The minimum atomic E-state index is -4.76. The zero-order chi connectivity index (χ0) is 24.5. The Bertz CT molecular complexity index is 1130. The van der Waals surface area contributed by atoms with E-state index in [1.54, 1.807) is 31.3 Å². The molecule has 7 nitrogen and oxygen atoms in total. The summed E-state index contributed by atoms with van der Waals surface area (Å²) in [6, 6.07) is 7.95. The molecule has 0 bridgehead atoms. The van der Waals surface area contributed by atoms with Gasteiger partial charge in [-0.2, -0.15) is 18.4 Å². The SMILES string of the molecule is CC(=O)N[C@@H]1CCN(c2nc(C)cc(C(F)(F)F)c2C#N)[C@@H]1C(=O)N(C)c1cccc(C)c1. The summed E-state index contributed by atoms with van der Waals surface area (Å²) < 4.78 is 40.9. The second-order valence-corrected chi connectivity index (χ2v) is 8.09. The minimum absolute atomic E-state index is 0.0672. The fourth-order valence-electron chi connectivity index (χ4n) is 4.11. The molecular formula is C23H24F3N5O2. The minimum Gasteiger partial charge on any atom is -0.351 e. The number of nitriles is 1. The van der Waals surface area contributed by atoms with Gasteiger partial charge in [0, 0.05) is 31.9 Å². The third-order valence-corrected chi connectivity index (χ3v) is 5.58. The van der Waals surface area contributed by atoms with E-state index in [1.807, 2.05) is 13.0 Å². The summed E-state index contributed by atoms with van der Waals surface area (Å²) in [6.07, 6.45) is -4.46. The molecule has 0 saturated carbocycles. The van der Waals surface area contributed by atoms with Crippen LogP contribution in [0.25, 0.3) is 0 Å². The number of amides is 2. The van der Waals surface area contributed by atoms with E-state index in [-0.39, 0.29) is 24.0 Å².